The number of carbonyl (C=O) groups excluding carboxylic acids is 2. The second kappa shape index (κ2) is 23.4. The van der Waals surface area contributed by atoms with E-state index >= 15 is 0 Å². The van der Waals surface area contributed by atoms with E-state index in [-0.39, 0.29) is 11.4 Å². The van der Waals surface area contributed by atoms with Gasteiger partial charge in [0, 0.05) is 12.0 Å². The van der Waals surface area contributed by atoms with Crippen LogP contribution >= 0.6 is 0 Å². The van der Waals surface area contributed by atoms with Gasteiger partial charge in [-0.1, -0.05) is 103 Å². The molecule has 0 aliphatic heterocycles. The molecule has 0 saturated carbocycles. The lowest BCUT2D eigenvalue weighted by Crippen LogP contribution is -1.92. The molecular formula is C24H42O4. The van der Waals surface area contributed by atoms with E-state index in [1.165, 1.54) is 90.4 Å². The Labute approximate surface area is 172 Å². The lowest BCUT2D eigenvalue weighted by Gasteiger charge is -2.03. The van der Waals surface area contributed by atoms with Gasteiger partial charge < -0.3 is 5.11 Å². The van der Waals surface area contributed by atoms with E-state index in [2.05, 4.69) is 13.5 Å². The van der Waals surface area contributed by atoms with Crippen LogP contribution in [0.4, 0.5) is 0 Å². The van der Waals surface area contributed by atoms with E-state index in [1.54, 1.807) is 5.94 Å². The molecule has 0 unspecified atom stereocenters. The van der Waals surface area contributed by atoms with Crippen LogP contribution in [0.1, 0.15) is 117 Å². The van der Waals surface area contributed by atoms with Crippen LogP contribution in [0, 0.1) is 0 Å². The zero-order valence-electron chi connectivity index (χ0n) is 18.3. The summed E-state index contributed by atoms with van der Waals surface area (Å²) in [5.74, 6) is 0.531. The van der Waals surface area contributed by atoms with Gasteiger partial charge in [0.25, 0.3) is 0 Å². The predicted octanol–water partition coefficient (Wildman–Crippen LogP) is 6.85. The third kappa shape index (κ3) is 26.6. The zero-order chi connectivity index (χ0) is 21.5. The highest BCUT2D eigenvalue weighted by Crippen LogP contribution is 2.13. The smallest absolute Gasteiger partial charge is 0.330 e. The number of carboxylic acid groups (broad SMARTS) is 1. The van der Waals surface area contributed by atoms with Crippen molar-refractivity contribution in [1.82, 2.24) is 0 Å². The molecule has 0 saturated heterocycles. The van der Waals surface area contributed by atoms with Crippen LogP contribution in [0.5, 0.6) is 0 Å². The Balaban J connectivity index is 0. The largest absolute Gasteiger partial charge is 0.478 e. The molecule has 4 heteroatoms. The highest BCUT2D eigenvalue weighted by atomic mass is 16.4. The van der Waals surface area contributed by atoms with E-state index in [1.807, 2.05) is 0 Å². The van der Waals surface area contributed by atoms with Crippen molar-refractivity contribution in [2.45, 2.75) is 117 Å². The number of carboxylic acids is 1. The van der Waals surface area contributed by atoms with E-state index in [0.717, 1.165) is 18.9 Å². The van der Waals surface area contributed by atoms with Gasteiger partial charge in [-0.25, -0.2) is 9.59 Å². The molecule has 162 valence electrons. The van der Waals surface area contributed by atoms with Gasteiger partial charge in [0.05, 0.1) is 6.08 Å². The molecule has 0 aliphatic rings. The summed E-state index contributed by atoms with van der Waals surface area (Å²) in [6.07, 6.45) is 21.4. The van der Waals surface area contributed by atoms with Crippen LogP contribution in [0.15, 0.2) is 18.2 Å². The lowest BCUT2D eigenvalue weighted by atomic mass is 10.0. The minimum Gasteiger partial charge on any atom is -0.478 e. The molecule has 4 nitrogen and oxygen atoms in total. The van der Waals surface area contributed by atoms with Crippen molar-refractivity contribution >= 4 is 17.7 Å². The summed E-state index contributed by atoms with van der Waals surface area (Å²) < 4.78 is 0. The average Bonchev–Trinajstić information content (AvgIpc) is 2.65. The summed E-state index contributed by atoms with van der Waals surface area (Å²) >= 11 is 0. The van der Waals surface area contributed by atoms with E-state index < -0.39 is 5.97 Å². The van der Waals surface area contributed by atoms with Crippen molar-refractivity contribution in [3.63, 3.8) is 0 Å². The Morgan fingerprint density at radius 1 is 0.786 bits per heavy atom. The highest BCUT2D eigenvalue weighted by Gasteiger charge is 1.97. The summed E-state index contributed by atoms with van der Waals surface area (Å²) in [4.78, 5) is 30.6. The first-order valence-electron chi connectivity index (χ1n) is 11.1. The number of carbonyl (C=O) groups is 2. The maximum atomic E-state index is 11.1. The lowest BCUT2D eigenvalue weighted by molar-refractivity contribution is -0.132. The second-order valence-electron chi connectivity index (χ2n) is 7.51. The van der Waals surface area contributed by atoms with Crippen LogP contribution in [0.3, 0.4) is 0 Å². The summed E-state index contributed by atoms with van der Waals surface area (Å²) in [5.41, 5.74) is 0.176. The van der Waals surface area contributed by atoms with Crippen LogP contribution < -0.4 is 0 Å². The van der Waals surface area contributed by atoms with Gasteiger partial charge in [-0.15, -0.1) is 0 Å². The van der Waals surface area contributed by atoms with Gasteiger partial charge in [-0.3, -0.25) is 4.79 Å². The molecule has 0 aromatic heterocycles. The van der Waals surface area contributed by atoms with Gasteiger partial charge in [0.15, 0.2) is 5.78 Å². The number of rotatable bonds is 18. The molecule has 0 aliphatic carbocycles. The molecule has 0 amide bonds. The maximum Gasteiger partial charge on any atom is 0.330 e. The number of ketones is 1. The molecule has 0 aromatic rings. The fourth-order valence-electron chi connectivity index (χ4n) is 2.81. The van der Waals surface area contributed by atoms with Crippen LogP contribution in [0.2, 0.25) is 0 Å². The Morgan fingerprint density at radius 2 is 1.11 bits per heavy atom. The fraction of sp³-hybridized carbons (Fsp3) is 0.750. The summed E-state index contributed by atoms with van der Waals surface area (Å²) in [6, 6.07) is 0. The molecule has 0 rings (SSSR count). The zero-order valence-corrected chi connectivity index (χ0v) is 18.3. The molecular weight excluding hydrogens is 352 g/mol. The van der Waals surface area contributed by atoms with Crippen LogP contribution in [-0.4, -0.2) is 22.8 Å². The quantitative estimate of drug-likeness (QED) is 0.157. The van der Waals surface area contributed by atoms with Gasteiger partial charge in [0.1, 0.15) is 5.94 Å². The molecule has 0 spiro atoms. The Hall–Kier alpha value is -1.67. The van der Waals surface area contributed by atoms with Crippen molar-refractivity contribution in [2.24, 2.45) is 0 Å². The van der Waals surface area contributed by atoms with Gasteiger partial charge in [0.2, 0.25) is 0 Å². The van der Waals surface area contributed by atoms with Crippen molar-refractivity contribution < 1.29 is 19.5 Å². The number of hydrogen-bond acceptors (Lipinski definition) is 3. The Kier molecular flexibility index (Phi) is 23.8. The van der Waals surface area contributed by atoms with Crippen molar-refractivity contribution in [2.75, 3.05) is 0 Å². The Morgan fingerprint density at radius 3 is 1.39 bits per heavy atom. The monoisotopic (exact) mass is 394 g/mol. The van der Waals surface area contributed by atoms with Gasteiger partial charge in [-0.05, 0) is 13.3 Å². The SMILES string of the molecule is C=C(C)C(=O)O.CCCCCCCCCCCCCCCCCC(=O)C=C=O. The van der Waals surface area contributed by atoms with Crippen LogP contribution in [0.25, 0.3) is 0 Å². The molecule has 1 N–H and O–H groups in total. The summed E-state index contributed by atoms with van der Waals surface area (Å²) in [7, 11) is 0. The van der Waals surface area contributed by atoms with E-state index in [0.29, 0.717) is 6.42 Å². The minimum absolute atomic E-state index is 0.0790. The van der Waals surface area contributed by atoms with Crippen molar-refractivity contribution in [3.05, 3.63) is 18.2 Å². The first-order chi connectivity index (χ1) is 13.5. The molecule has 0 radical (unpaired) electrons. The molecule has 0 bridgehead atoms. The highest BCUT2D eigenvalue weighted by molar-refractivity contribution is 5.95. The first kappa shape index (κ1) is 28.5. The number of aliphatic carboxylic acids is 1. The van der Waals surface area contributed by atoms with Gasteiger partial charge >= 0.3 is 5.97 Å². The van der Waals surface area contributed by atoms with Crippen molar-refractivity contribution in [3.8, 4) is 0 Å². The normalized spacial score (nSPS) is 9.79. The van der Waals surface area contributed by atoms with E-state index in [9.17, 15) is 14.4 Å². The van der Waals surface area contributed by atoms with Crippen molar-refractivity contribution in [1.29, 1.82) is 0 Å². The fourth-order valence-corrected chi connectivity index (χ4v) is 2.81. The number of hydrogen-bond donors (Lipinski definition) is 1. The summed E-state index contributed by atoms with van der Waals surface area (Å²) in [6.45, 7) is 6.87. The first-order valence-corrected chi connectivity index (χ1v) is 11.1. The molecule has 0 heterocycles. The molecule has 0 atom stereocenters. The van der Waals surface area contributed by atoms with Crippen LogP contribution in [-0.2, 0) is 14.4 Å². The third-order valence-corrected chi connectivity index (χ3v) is 4.61. The van der Waals surface area contributed by atoms with E-state index in [4.69, 9.17) is 5.11 Å². The third-order valence-electron chi connectivity index (χ3n) is 4.61. The Bertz CT molecular complexity index is 436. The predicted molar refractivity (Wildman–Crippen MR) is 117 cm³/mol. The number of allylic oxidation sites excluding steroid dienone is 1. The van der Waals surface area contributed by atoms with Gasteiger partial charge in [-0.2, -0.15) is 0 Å². The standard InChI is InChI=1S/C20H36O2.C4H6O2/c1-2-3-4-5-6-7-8-9-10-11-12-13-14-15-16-17-20(22)18-19-21;1-3(2)4(5)6/h18H,2-17H2,1H3;1H2,2H3,(H,5,6). The molecule has 0 fully saturated rings. The topological polar surface area (TPSA) is 71.4 Å². The average molecular weight is 395 g/mol. The molecule has 0 aromatic carbocycles. The molecule has 28 heavy (non-hydrogen) atoms. The minimum atomic E-state index is -0.935. The number of unbranched alkanes of at least 4 members (excludes halogenated alkanes) is 14. The summed E-state index contributed by atoms with van der Waals surface area (Å²) in [5, 5.41) is 7.89. The second-order valence-corrected chi connectivity index (χ2v) is 7.51. The maximum absolute atomic E-state index is 11.1.